The molecule has 0 bridgehead atoms. The molecule has 0 spiro atoms. The molecule has 0 fully saturated rings. The molecule has 0 aliphatic heterocycles. The molecule has 1 aromatic carbocycles. The van der Waals surface area contributed by atoms with E-state index in [2.05, 4.69) is 9.97 Å². The van der Waals surface area contributed by atoms with Gasteiger partial charge in [0, 0.05) is 29.4 Å². The van der Waals surface area contributed by atoms with Crippen molar-refractivity contribution >= 4 is 11.7 Å². The zero-order valence-corrected chi connectivity index (χ0v) is 15.1. The Morgan fingerprint density at radius 2 is 1.82 bits per heavy atom. The zero-order chi connectivity index (χ0) is 20.6. The van der Waals surface area contributed by atoms with E-state index in [1.54, 1.807) is 0 Å². The number of nitrogens with zero attached hydrogens (tertiary/aromatic N) is 3. The van der Waals surface area contributed by atoms with Gasteiger partial charge in [0.15, 0.2) is 23.1 Å². The topological polar surface area (TPSA) is 117 Å². The van der Waals surface area contributed by atoms with E-state index < -0.39 is 17.5 Å². The minimum atomic E-state index is -1.14. The third kappa shape index (κ3) is 3.34. The average molecular weight is 385 g/mol. The quantitative estimate of drug-likeness (QED) is 0.716. The van der Waals surface area contributed by atoms with Crippen molar-refractivity contribution in [2.75, 3.05) is 5.73 Å². The third-order valence-corrected chi connectivity index (χ3v) is 4.13. The first-order chi connectivity index (χ1) is 13.2. The van der Waals surface area contributed by atoms with Crippen molar-refractivity contribution < 1.29 is 13.6 Å². The summed E-state index contributed by atoms with van der Waals surface area (Å²) < 4.78 is 29.6. The number of nitrogens with two attached hydrogens (primary N) is 2. The molecule has 2 aromatic heterocycles. The van der Waals surface area contributed by atoms with Gasteiger partial charge in [-0.1, -0.05) is 6.07 Å². The molecule has 0 radical (unpaired) electrons. The van der Waals surface area contributed by atoms with Crippen molar-refractivity contribution in [2.24, 2.45) is 5.73 Å². The maximum absolute atomic E-state index is 14.4. The molecule has 7 nitrogen and oxygen atoms in total. The summed E-state index contributed by atoms with van der Waals surface area (Å²) >= 11 is 0. The van der Waals surface area contributed by atoms with Crippen LogP contribution < -0.4 is 17.0 Å². The summed E-state index contributed by atoms with van der Waals surface area (Å²) in [7, 11) is 0. The minimum absolute atomic E-state index is 0.0434. The third-order valence-electron chi connectivity index (χ3n) is 4.13. The standard InChI is InChI=1S/C19H17F2N5O2/c1-9(2)26-8-10(6-7-13(26)27)15-16(11-4-3-5-12(20)14(11)21)25-18(22)17(24-15)19(23)28/h3-9H,1-2H3,(H2,22,25)(H2,23,28). The molecule has 28 heavy (non-hydrogen) atoms. The van der Waals surface area contributed by atoms with Crippen LogP contribution in [0.2, 0.25) is 0 Å². The van der Waals surface area contributed by atoms with Crippen LogP contribution in [0.15, 0.2) is 41.3 Å². The molecule has 0 saturated carbocycles. The second kappa shape index (κ2) is 7.18. The van der Waals surface area contributed by atoms with Gasteiger partial charge >= 0.3 is 0 Å². The Bertz CT molecular complexity index is 1140. The van der Waals surface area contributed by atoms with Crippen molar-refractivity contribution in [2.45, 2.75) is 19.9 Å². The van der Waals surface area contributed by atoms with Gasteiger partial charge in [0.1, 0.15) is 5.69 Å². The molecule has 1 amide bonds. The van der Waals surface area contributed by atoms with E-state index in [-0.39, 0.29) is 40.1 Å². The van der Waals surface area contributed by atoms with Gasteiger partial charge in [-0.25, -0.2) is 18.7 Å². The van der Waals surface area contributed by atoms with Crippen LogP contribution in [-0.4, -0.2) is 20.4 Å². The number of aromatic nitrogens is 3. The van der Waals surface area contributed by atoms with Gasteiger partial charge < -0.3 is 16.0 Å². The van der Waals surface area contributed by atoms with E-state index in [4.69, 9.17) is 11.5 Å². The molecule has 2 heterocycles. The lowest BCUT2D eigenvalue weighted by Gasteiger charge is -2.15. The van der Waals surface area contributed by atoms with E-state index in [0.717, 1.165) is 6.07 Å². The Kier molecular flexibility index (Phi) is 4.91. The molecule has 144 valence electrons. The maximum Gasteiger partial charge on any atom is 0.271 e. The number of hydrogen-bond donors (Lipinski definition) is 2. The largest absolute Gasteiger partial charge is 0.382 e. The monoisotopic (exact) mass is 385 g/mol. The molecular weight excluding hydrogens is 368 g/mol. The van der Waals surface area contributed by atoms with E-state index in [1.807, 2.05) is 13.8 Å². The van der Waals surface area contributed by atoms with Gasteiger partial charge in [0.2, 0.25) is 0 Å². The number of rotatable bonds is 4. The molecule has 9 heteroatoms. The summed E-state index contributed by atoms with van der Waals surface area (Å²) in [5, 5.41) is 0. The van der Waals surface area contributed by atoms with Crippen LogP contribution in [0.1, 0.15) is 30.4 Å². The van der Waals surface area contributed by atoms with Crippen LogP contribution in [0.4, 0.5) is 14.6 Å². The predicted octanol–water partition coefficient (Wildman–Crippen LogP) is 2.51. The second-order valence-corrected chi connectivity index (χ2v) is 6.38. The van der Waals surface area contributed by atoms with Crippen molar-refractivity contribution in [3.8, 4) is 22.5 Å². The van der Waals surface area contributed by atoms with Crippen molar-refractivity contribution in [3.63, 3.8) is 0 Å². The molecule has 3 aromatic rings. The van der Waals surface area contributed by atoms with Crippen molar-refractivity contribution in [1.29, 1.82) is 0 Å². The predicted molar refractivity (Wildman–Crippen MR) is 100 cm³/mol. The van der Waals surface area contributed by atoms with Crippen LogP contribution in [0.25, 0.3) is 22.5 Å². The fourth-order valence-electron chi connectivity index (χ4n) is 2.75. The number of primary amides is 1. The van der Waals surface area contributed by atoms with Crippen LogP contribution in [0.3, 0.4) is 0 Å². The number of halogens is 2. The number of anilines is 1. The summed E-state index contributed by atoms with van der Waals surface area (Å²) in [5.74, 6) is -3.45. The van der Waals surface area contributed by atoms with Crippen LogP contribution in [-0.2, 0) is 0 Å². The van der Waals surface area contributed by atoms with Crippen molar-refractivity contribution in [3.05, 3.63) is 64.2 Å². The van der Waals surface area contributed by atoms with Gasteiger partial charge in [-0.2, -0.15) is 0 Å². The highest BCUT2D eigenvalue weighted by molar-refractivity contribution is 5.96. The van der Waals surface area contributed by atoms with E-state index >= 15 is 0 Å². The van der Waals surface area contributed by atoms with Crippen LogP contribution in [0, 0.1) is 11.6 Å². The highest BCUT2D eigenvalue weighted by atomic mass is 19.2. The maximum atomic E-state index is 14.4. The lowest BCUT2D eigenvalue weighted by atomic mass is 10.0. The molecular formula is C19H17F2N5O2. The average Bonchev–Trinajstić information content (AvgIpc) is 2.64. The first-order valence-electron chi connectivity index (χ1n) is 8.35. The first-order valence-corrected chi connectivity index (χ1v) is 8.35. The summed E-state index contributed by atoms with van der Waals surface area (Å²) in [6, 6.07) is 6.18. The molecule has 0 aliphatic carbocycles. The van der Waals surface area contributed by atoms with Gasteiger partial charge in [-0.3, -0.25) is 9.59 Å². The molecule has 0 atom stereocenters. The highest BCUT2D eigenvalue weighted by Gasteiger charge is 2.22. The fourth-order valence-corrected chi connectivity index (χ4v) is 2.75. The Morgan fingerprint density at radius 3 is 2.46 bits per heavy atom. The van der Waals surface area contributed by atoms with Gasteiger partial charge in [-0.15, -0.1) is 0 Å². The van der Waals surface area contributed by atoms with Crippen molar-refractivity contribution in [1.82, 2.24) is 14.5 Å². The number of carbonyl (C=O) groups is 1. The van der Waals surface area contributed by atoms with E-state index in [1.165, 1.54) is 35.0 Å². The molecule has 0 unspecified atom stereocenters. The molecule has 0 aliphatic rings. The van der Waals surface area contributed by atoms with E-state index in [0.29, 0.717) is 5.56 Å². The first kappa shape index (κ1) is 19.2. The Hall–Kier alpha value is -3.62. The number of hydrogen-bond acceptors (Lipinski definition) is 5. The van der Waals surface area contributed by atoms with Crippen LogP contribution >= 0.6 is 0 Å². The summed E-state index contributed by atoms with van der Waals surface area (Å²) in [4.78, 5) is 31.9. The fraction of sp³-hybridized carbons (Fsp3) is 0.158. The van der Waals surface area contributed by atoms with Gasteiger partial charge in [-0.05, 0) is 32.0 Å². The summed E-state index contributed by atoms with van der Waals surface area (Å²) in [5.41, 5.74) is 10.6. The molecule has 4 N–H and O–H groups in total. The van der Waals surface area contributed by atoms with E-state index in [9.17, 15) is 18.4 Å². The Labute approximate surface area is 158 Å². The lowest BCUT2D eigenvalue weighted by Crippen LogP contribution is -2.21. The van der Waals surface area contributed by atoms with Gasteiger partial charge in [0.05, 0.1) is 5.69 Å². The lowest BCUT2D eigenvalue weighted by molar-refractivity contribution is 0.0996. The number of benzene rings is 1. The second-order valence-electron chi connectivity index (χ2n) is 6.38. The SMILES string of the molecule is CC(C)n1cc(-c2nc(C(N)=O)c(N)nc2-c2cccc(F)c2F)ccc1=O. The highest BCUT2D eigenvalue weighted by Crippen LogP contribution is 2.32. The Morgan fingerprint density at radius 1 is 1.11 bits per heavy atom. The molecule has 3 rings (SSSR count). The van der Waals surface area contributed by atoms with Gasteiger partial charge in [0.25, 0.3) is 11.5 Å². The van der Waals surface area contributed by atoms with Crippen LogP contribution in [0.5, 0.6) is 0 Å². The summed E-state index contributed by atoms with van der Waals surface area (Å²) in [6.07, 6.45) is 1.50. The number of pyridine rings is 1. The number of carbonyl (C=O) groups excluding carboxylic acids is 1. The zero-order valence-electron chi connectivity index (χ0n) is 15.1. The normalized spacial score (nSPS) is 11.0. The smallest absolute Gasteiger partial charge is 0.271 e. The number of amides is 1. The Balaban J connectivity index is 2.37. The molecule has 0 saturated heterocycles. The minimum Gasteiger partial charge on any atom is -0.382 e. The number of nitrogen functional groups attached to an aromatic ring is 1. The summed E-state index contributed by atoms with van der Waals surface area (Å²) in [6.45, 7) is 3.61.